The van der Waals surface area contributed by atoms with Crippen LogP contribution >= 0.6 is 0 Å². The van der Waals surface area contributed by atoms with Crippen LogP contribution in [-0.2, 0) is 35.8 Å². The third kappa shape index (κ3) is 10.6. The molecule has 0 aromatic carbocycles. The Kier molecular flexibility index (Phi) is 27.1. The summed E-state index contributed by atoms with van der Waals surface area (Å²) in [6, 6.07) is 0. The van der Waals surface area contributed by atoms with E-state index in [1.54, 1.807) is 0 Å². The molecule has 0 spiro atoms. The molecule has 0 radical (unpaired) electrons. The van der Waals surface area contributed by atoms with Gasteiger partial charge in [-0.2, -0.15) is 0 Å². The third-order valence-electron chi connectivity index (χ3n) is 2.66. The summed E-state index contributed by atoms with van der Waals surface area (Å²) in [6.45, 7) is 13.5. The fourth-order valence-electron chi connectivity index (χ4n) is 1.98. The molecule has 2 aliphatic carbocycles. The molecule has 0 heterocycles. The van der Waals surface area contributed by atoms with Crippen LogP contribution in [0.5, 0.6) is 0 Å². The molecular formula is C14H16FeO4. The standard InChI is InChI=1S/C10H13O.3CO.CH3.Fe/c11-10-7-8-3-1-5-9(10)6-2-4-8;3*1-2;;/h1,5,7-9H,2-4,6H2;;;;1H3;/q-1;;;;-1;+2. The second kappa shape index (κ2) is 19.4. The van der Waals surface area contributed by atoms with Crippen molar-refractivity contribution in [2.75, 3.05) is 0 Å². The predicted molar refractivity (Wildman–Crippen MR) is 62.1 cm³/mol. The predicted octanol–water partition coefficient (Wildman–Crippen LogP) is 2.47. The van der Waals surface area contributed by atoms with E-state index in [1.165, 1.54) is 12.8 Å². The Hall–Kier alpha value is -0.981. The van der Waals surface area contributed by atoms with Crippen LogP contribution in [0, 0.1) is 45.6 Å². The summed E-state index contributed by atoms with van der Waals surface area (Å²) < 4.78 is 22.5. The van der Waals surface area contributed by atoms with Crippen LogP contribution in [0.15, 0.2) is 12.2 Å². The first kappa shape index (κ1) is 26.6. The number of Topliss-reactive ketones (excluding diaryl/α,β-unsaturated/α-hetero) is 1. The van der Waals surface area contributed by atoms with E-state index in [9.17, 15) is 4.79 Å². The molecule has 0 aromatic rings. The summed E-state index contributed by atoms with van der Waals surface area (Å²) in [6.07, 6.45) is 10.8. The van der Waals surface area contributed by atoms with Crippen molar-refractivity contribution in [2.45, 2.75) is 25.7 Å². The summed E-state index contributed by atoms with van der Waals surface area (Å²) in [5.41, 5.74) is 0. The quantitative estimate of drug-likeness (QED) is 0.293. The summed E-state index contributed by atoms with van der Waals surface area (Å²) in [7, 11) is 0. The SMILES string of the molecule is O=C1[CH-]C2CC=CC1CCC2.[C-]#[O+].[C-]#[O+].[C-]#[O+].[CH3-].[Fe+2]. The van der Waals surface area contributed by atoms with Gasteiger partial charge >= 0.3 is 51.0 Å². The van der Waals surface area contributed by atoms with Crippen molar-refractivity contribution >= 4 is 5.78 Å². The number of ketones is 1. The summed E-state index contributed by atoms with van der Waals surface area (Å²) >= 11 is 0. The molecular weight excluding hydrogens is 288 g/mol. The van der Waals surface area contributed by atoms with E-state index < -0.39 is 0 Å². The summed E-state index contributed by atoms with van der Waals surface area (Å²) in [5, 5.41) is 0. The minimum Gasteiger partial charge on any atom is -0.358 e. The fraction of sp³-hybridized carbons (Fsp3) is 0.429. The zero-order valence-corrected chi connectivity index (χ0v) is 11.8. The van der Waals surface area contributed by atoms with Gasteiger partial charge in [-0.05, 0) is 6.42 Å². The van der Waals surface area contributed by atoms with Gasteiger partial charge in [-0.15, -0.1) is 5.92 Å². The Balaban J connectivity index is -0.000000126. The van der Waals surface area contributed by atoms with Crippen molar-refractivity contribution < 1.29 is 35.8 Å². The maximum atomic E-state index is 11.4. The Bertz CT molecular complexity index is 290. The van der Waals surface area contributed by atoms with Gasteiger partial charge in [0.25, 0.3) is 0 Å². The maximum absolute atomic E-state index is 11.4. The van der Waals surface area contributed by atoms with Gasteiger partial charge in [-0.3, -0.25) is 0 Å². The topological polar surface area (TPSA) is 76.8 Å². The van der Waals surface area contributed by atoms with Gasteiger partial charge < -0.3 is 18.6 Å². The van der Waals surface area contributed by atoms with Gasteiger partial charge in [-0.25, -0.2) is 0 Å². The molecule has 5 heteroatoms. The molecule has 19 heavy (non-hydrogen) atoms. The number of fused-ring (bicyclic) bond motifs is 3. The first-order chi connectivity index (χ1) is 8.36. The minimum absolute atomic E-state index is 0. The first-order valence-electron chi connectivity index (χ1n) is 5.03. The van der Waals surface area contributed by atoms with E-state index in [2.05, 4.69) is 32.1 Å². The maximum Gasteiger partial charge on any atom is 2.00 e. The normalized spacial score (nSPS) is 21.3. The number of hydrogen-bond acceptors (Lipinski definition) is 1. The average molecular weight is 304 g/mol. The molecule has 2 unspecified atom stereocenters. The van der Waals surface area contributed by atoms with Crippen LogP contribution in [0.1, 0.15) is 25.7 Å². The molecule has 2 atom stereocenters. The van der Waals surface area contributed by atoms with Gasteiger partial charge in [0.2, 0.25) is 0 Å². The molecule has 1 saturated carbocycles. The van der Waals surface area contributed by atoms with Gasteiger partial charge in [0.15, 0.2) is 0 Å². The molecule has 2 bridgehead atoms. The van der Waals surface area contributed by atoms with Crippen LogP contribution < -0.4 is 0 Å². The van der Waals surface area contributed by atoms with E-state index in [-0.39, 0.29) is 30.4 Å². The van der Waals surface area contributed by atoms with E-state index >= 15 is 0 Å². The molecule has 4 nitrogen and oxygen atoms in total. The van der Waals surface area contributed by atoms with E-state index in [4.69, 9.17) is 14.0 Å². The van der Waals surface area contributed by atoms with Gasteiger partial charge in [0.1, 0.15) is 0 Å². The van der Waals surface area contributed by atoms with Crippen molar-refractivity contribution in [3.8, 4) is 0 Å². The van der Waals surface area contributed by atoms with Gasteiger partial charge in [-0.1, -0.05) is 31.4 Å². The Morgan fingerprint density at radius 1 is 1.11 bits per heavy atom. The number of carbonyl (C=O) groups excluding carboxylic acids is 1. The molecule has 0 aliphatic heterocycles. The monoisotopic (exact) mass is 304 g/mol. The van der Waals surface area contributed by atoms with Crippen LogP contribution in [0.4, 0.5) is 0 Å². The molecule has 0 saturated heterocycles. The number of carbonyl (C=O) groups is 1. The fourth-order valence-corrected chi connectivity index (χ4v) is 1.98. The Labute approximate surface area is 125 Å². The number of allylic oxidation sites excluding steroid dienone is 2. The zero-order chi connectivity index (χ0) is 13.7. The van der Waals surface area contributed by atoms with Crippen molar-refractivity contribution in [2.24, 2.45) is 11.8 Å². The molecule has 0 amide bonds. The van der Waals surface area contributed by atoms with Gasteiger partial charge in [0, 0.05) is 11.7 Å². The molecule has 0 N–H and O–H groups in total. The summed E-state index contributed by atoms with van der Waals surface area (Å²) in [5.74, 6) is 1.13. The number of rotatable bonds is 0. The molecule has 2 aliphatic rings. The Morgan fingerprint density at radius 3 is 2.16 bits per heavy atom. The van der Waals surface area contributed by atoms with E-state index in [0.717, 1.165) is 12.8 Å². The van der Waals surface area contributed by atoms with Crippen molar-refractivity contribution in [1.82, 2.24) is 0 Å². The second-order valence-corrected chi connectivity index (χ2v) is 3.53. The second-order valence-electron chi connectivity index (χ2n) is 3.53. The van der Waals surface area contributed by atoms with Crippen molar-refractivity contribution in [3.63, 3.8) is 0 Å². The van der Waals surface area contributed by atoms with Crippen LogP contribution in [0.2, 0.25) is 0 Å². The zero-order valence-electron chi connectivity index (χ0n) is 10.7. The number of hydrogen-bond donors (Lipinski definition) is 0. The first-order valence-corrected chi connectivity index (χ1v) is 5.03. The van der Waals surface area contributed by atoms with Crippen molar-refractivity contribution in [3.05, 3.63) is 46.0 Å². The van der Waals surface area contributed by atoms with Crippen LogP contribution in [0.3, 0.4) is 0 Å². The minimum atomic E-state index is 0. The summed E-state index contributed by atoms with van der Waals surface area (Å²) in [4.78, 5) is 11.4. The third-order valence-corrected chi connectivity index (χ3v) is 2.66. The van der Waals surface area contributed by atoms with Crippen LogP contribution in [-0.4, -0.2) is 5.78 Å². The van der Waals surface area contributed by atoms with Gasteiger partial charge in [0.05, 0.1) is 0 Å². The Morgan fingerprint density at radius 2 is 1.63 bits per heavy atom. The smallest absolute Gasteiger partial charge is 0.358 e. The molecule has 104 valence electrons. The molecule has 0 aromatic heterocycles. The average Bonchev–Trinajstić information content (AvgIpc) is 2.67. The molecule has 1 fully saturated rings. The van der Waals surface area contributed by atoms with E-state index in [0.29, 0.717) is 11.7 Å². The largest absolute Gasteiger partial charge is 2.00 e. The molecule has 2 rings (SSSR count). The van der Waals surface area contributed by atoms with Crippen LogP contribution in [0.25, 0.3) is 0 Å². The van der Waals surface area contributed by atoms with E-state index in [1.807, 2.05) is 6.42 Å². The van der Waals surface area contributed by atoms with Crippen molar-refractivity contribution in [1.29, 1.82) is 0 Å².